The zero-order valence-corrected chi connectivity index (χ0v) is 22.1. The van der Waals surface area contributed by atoms with Gasteiger partial charge in [0.2, 0.25) is 0 Å². The highest BCUT2D eigenvalue weighted by Crippen LogP contribution is 2.49. The quantitative estimate of drug-likeness (QED) is 0.326. The predicted octanol–water partition coefficient (Wildman–Crippen LogP) is 5.58. The van der Waals surface area contributed by atoms with Crippen molar-refractivity contribution in [3.05, 3.63) is 70.9 Å². The average Bonchev–Trinajstić information content (AvgIpc) is 2.90. The maximum Gasteiger partial charge on any atom is 0.315 e. The summed E-state index contributed by atoms with van der Waals surface area (Å²) in [6.45, 7) is 4.25. The number of allylic oxidation sites excluding steroid dienone is 2. The van der Waals surface area contributed by atoms with Crippen LogP contribution in [0.4, 0.5) is 0 Å². The van der Waals surface area contributed by atoms with Crippen LogP contribution in [0.25, 0.3) is 0 Å². The highest BCUT2D eigenvalue weighted by molar-refractivity contribution is 7.99. The number of hydrogen-bond donors (Lipinski definition) is 0. The molecule has 7 heteroatoms. The second-order valence-corrected chi connectivity index (χ2v) is 10.4. The van der Waals surface area contributed by atoms with Gasteiger partial charge in [0, 0.05) is 46.7 Å². The summed E-state index contributed by atoms with van der Waals surface area (Å²) in [5, 5.41) is 0. The molecule has 1 heterocycles. The molecule has 3 atom stereocenters. The lowest BCUT2D eigenvalue weighted by Crippen LogP contribution is -2.38. The summed E-state index contributed by atoms with van der Waals surface area (Å²) in [6, 6.07) is 15.6. The Kier molecular flexibility index (Phi) is 8.52. The summed E-state index contributed by atoms with van der Waals surface area (Å²) in [7, 11) is 3.18. The molecule has 0 spiro atoms. The molecule has 0 saturated carbocycles. The number of aliphatic imine (C=N–C) groups is 1. The molecule has 0 amide bonds. The monoisotopic (exact) mass is 507 g/mol. The lowest BCUT2D eigenvalue weighted by atomic mass is 9.69. The minimum absolute atomic E-state index is 0.0172. The van der Waals surface area contributed by atoms with Crippen molar-refractivity contribution in [1.29, 1.82) is 0 Å². The highest BCUT2D eigenvalue weighted by atomic mass is 32.2. The van der Waals surface area contributed by atoms with Crippen LogP contribution in [0.1, 0.15) is 49.7 Å². The van der Waals surface area contributed by atoms with E-state index in [0.29, 0.717) is 42.2 Å². The normalized spacial score (nSPS) is 21.5. The van der Waals surface area contributed by atoms with Gasteiger partial charge in [0.05, 0.1) is 14.2 Å². The van der Waals surface area contributed by atoms with Gasteiger partial charge in [-0.15, -0.1) is 0 Å². The smallest absolute Gasteiger partial charge is 0.315 e. The molecule has 0 aromatic heterocycles. The first kappa shape index (κ1) is 26.0. The van der Waals surface area contributed by atoms with Crippen LogP contribution in [0.15, 0.2) is 64.8 Å². The number of carbonyl (C=O) groups is 2. The van der Waals surface area contributed by atoms with E-state index in [2.05, 4.69) is 19.1 Å². The number of rotatable bonds is 9. The Balaban J connectivity index is 1.77. The number of ether oxygens (including phenoxy) is 3. The van der Waals surface area contributed by atoms with E-state index in [1.165, 1.54) is 0 Å². The summed E-state index contributed by atoms with van der Waals surface area (Å²) in [5.41, 5.74) is 3.90. The second-order valence-electron chi connectivity index (χ2n) is 8.98. The Labute approximate surface area is 217 Å². The number of nitrogens with zero attached hydrogens (tertiary/aromatic N) is 1. The maximum absolute atomic E-state index is 13.7. The van der Waals surface area contributed by atoms with Crippen molar-refractivity contribution >= 4 is 29.2 Å². The van der Waals surface area contributed by atoms with Crippen LogP contribution < -0.4 is 9.47 Å². The van der Waals surface area contributed by atoms with Gasteiger partial charge in [-0.3, -0.25) is 14.6 Å². The van der Waals surface area contributed by atoms with Crippen molar-refractivity contribution in [2.75, 3.05) is 32.3 Å². The van der Waals surface area contributed by atoms with E-state index in [0.717, 1.165) is 28.3 Å². The van der Waals surface area contributed by atoms with Crippen molar-refractivity contribution < 1.29 is 23.8 Å². The first-order valence-corrected chi connectivity index (χ1v) is 13.5. The van der Waals surface area contributed by atoms with Crippen molar-refractivity contribution in [2.24, 2.45) is 10.9 Å². The van der Waals surface area contributed by atoms with Crippen molar-refractivity contribution in [1.82, 2.24) is 0 Å². The number of benzene rings is 2. The molecule has 36 heavy (non-hydrogen) atoms. The molecule has 190 valence electrons. The molecule has 2 aliphatic rings. The fourth-order valence-electron chi connectivity index (χ4n) is 5.17. The number of thioether (sulfide) groups is 1. The molecule has 2 aromatic carbocycles. The summed E-state index contributed by atoms with van der Waals surface area (Å²) in [4.78, 5) is 32.0. The van der Waals surface area contributed by atoms with Crippen molar-refractivity contribution in [3.8, 4) is 11.5 Å². The Bertz CT molecular complexity index is 1170. The molecule has 6 nitrogen and oxygen atoms in total. The molecular weight excluding hydrogens is 474 g/mol. The van der Waals surface area contributed by atoms with Gasteiger partial charge in [0.25, 0.3) is 0 Å². The topological polar surface area (TPSA) is 74.2 Å². The van der Waals surface area contributed by atoms with Gasteiger partial charge in [0.15, 0.2) is 5.78 Å². The van der Waals surface area contributed by atoms with E-state index >= 15 is 0 Å². The zero-order chi connectivity index (χ0) is 25.7. The second kappa shape index (κ2) is 11.8. The van der Waals surface area contributed by atoms with E-state index in [9.17, 15) is 9.59 Å². The maximum atomic E-state index is 13.7. The lowest BCUT2D eigenvalue weighted by Gasteiger charge is -2.37. The zero-order valence-electron chi connectivity index (χ0n) is 21.3. The van der Waals surface area contributed by atoms with Crippen LogP contribution >= 0.6 is 11.8 Å². The van der Waals surface area contributed by atoms with Crippen LogP contribution in [0.5, 0.6) is 11.5 Å². The molecule has 2 aromatic rings. The molecule has 1 unspecified atom stereocenters. The van der Waals surface area contributed by atoms with Crippen LogP contribution in [0, 0.1) is 5.92 Å². The van der Waals surface area contributed by atoms with E-state index in [-0.39, 0.29) is 17.7 Å². The molecule has 1 aliphatic carbocycles. The fourth-order valence-corrected chi connectivity index (χ4v) is 5.66. The molecular formula is C29H33NO5S. The Hall–Kier alpha value is -3.06. The molecule has 1 aliphatic heterocycles. The number of hydrogen-bond acceptors (Lipinski definition) is 7. The molecule has 0 saturated heterocycles. The Morgan fingerprint density at radius 2 is 1.86 bits per heavy atom. The van der Waals surface area contributed by atoms with Gasteiger partial charge >= 0.3 is 5.97 Å². The van der Waals surface area contributed by atoms with Crippen LogP contribution in [-0.4, -0.2) is 49.8 Å². The third kappa shape index (κ3) is 5.36. The number of methoxy groups -OCH3 is 2. The van der Waals surface area contributed by atoms with Gasteiger partial charge < -0.3 is 14.2 Å². The Morgan fingerprint density at radius 1 is 1.08 bits per heavy atom. The van der Waals surface area contributed by atoms with Gasteiger partial charge in [-0.2, -0.15) is 11.8 Å². The molecule has 0 fully saturated rings. The molecule has 0 radical (unpaired) electrons. The predicted molar refractivity (Wildman–Crippen MR) is 143 cm³/mol. The van der Waals surface area contributed by atoms with Crippen LogP contribution in [0.2, 0.25) is 0 Å². The van der Waals surface area contributed by atoms with Crippen molar-refractivity contribution in [2.45, 2.75) is 38.5 Å². The number of carbonyl (C=O) groups excluding carboxylic acids is 2. The minimum atomic E-state index is -0.699. The molecule has 0 bridgehead atoms. The van der Waals surface area contributed by atoms with Gasteiger partial charge in [-0.25, -0.2) is 0 Å². The highest BCUT2D eigenvalue weighted by Gasteiger charge is 2.45. The number of ketones is 1. The van der Waals surface area contributed by atoms with Gasteiger partial charge in [-0.05, 0) is 36.6 Å². The standard InChI is InChI=1S/C29H33NO5S/c1-5-36-14-13-35-29(32)26-18(2)30-23-15-20(19-9-7-6-8-10-19)16-24(31)28(23)27(26)22-12-11-21(33-3)17-25(22)34-4/h6-12,17,20,26-27H,5,13-16H2,1-4H3/t20-,26?,27+/m0/s1. The van der Waals surface area contributed by atoms with Crippen LogP contribution in [0.3, 0.4) is 0 Å². The molecule has 0 N–H and O–H groups in total. The summed E-state index contributed by atoms with van der Waals surface area (Å²) in [5.74, 6) is 1.38. The lowest BCUT2D eigenvalue weighted by molar-refractivity contribution is -0.145. The first-order valence-electron chi connectivity index (χ1n) is 12.3. The fraction of sp³-hybridized carbons (Fsp3) is 0.414. The third-order valence-electron chi connectivity index (χ3n) is 6.87. The largest absolute Gasteiger partial charge is 0.497 e. The minimum Gasteiger partial charge on any atom is -0.497 e. The summed E-state index contributed by atoms with van der Waals surface area (Å²) in [6.07, 6.45) is 1.02. The van der Waals surface area contributed by atoms with E-state index in [1.54, 1.807) is 32.0 Å². The molecule has 4 rings (SSSR count). The average molecular weight is 508 g/mol. The van der Waals surface area contributed by atoms with E-state index in [1.807, 2.05) is 37.3 Å². The van der Waals surface area contributed by atoms with E-state index in [4.69, 9.17) is 19.2 Å². The first-order chi connectivity index (χ1) is 17.5. The number of Topliss-reactive ketones (excluding diaryl/α,β-unsaturated/α-hetero) is 1. The van der Waals surface area contributed by atoms with Crippen molar-refractivity contribution in [3.63, 3.8) is 0 Å². The van der Waals surface area contributed by atoms with Gasteiger partial charge in [-0.1, -0.05) is 43.3 Å². The van der Waals surface area contributed by atoms with E-state index < -0.39 is 11.8 Å². The SMILES string of the molecule is CCSCCOC(=O)C1C(C)=NC2=C(C(=O)C[C@@H](c3ccccc3)C2)[C@@H]1c1ccc(OC)cc1OC. The van der Waals surface area contributed by atoms with Gasteiger partial charge in [0.1, 0.15) is 24.0 Å². The Morgan fingerprint density at radius 3 is 2.56 bits per heavy atom. The summed E-state index contributed by atoms with van der Waals surface area (Å²) >= 11 is 1.72. The summed E-state index contributed by atoms with van der Waals surface area (Å²) < 4.78 is 16.8. The third-order valence-corrected chi connectivity index (χ3v) is 7.73. The number of esters is 1. The van der Waals surface area contributed by atoms with Crippen LogP contribution in [-0.2, 0) is 14.3 Å².